The Balaban J connectivity index is 1.37. The highest BCUT2D eigenvalue weighted by Gasteiger charge is 2.43. The number of hydrogen-bond donors (Lipinski definition) is 1. The molecule has 3 aromatic rings. The second-order valence-electron chi connectivity index (χ2n) is 8.86. The second kappa shape index (κ2) is 8.78. The quantitative estimate of drug-likeness (QED) is 0.419. The zero-order valence-corrected chi connectivity index (χ0v) is 19.7. The van der Waals surface area contributed by atoms with Crippen LogP contribution in [0.15, 0.2) is 36.8 Å². The molecule has 1 spiro atoms. The Hall–Kier alpha value is -2.35. The number of halogens is 3. The average Bonchev–Trinajstić information content (AvgIpc) is 3.27. The summed E-state index contributed by atoms with van der Waals surface area (Å²) in [5, 5.41) is 4.87. The lowest BCUT2D eigenvalue weighted by molar-refractivity contribution is -0.141. The molecule has 5 rings (SSSR count). The summed E-state index contributed by atoms with van der Waals surface area (Å²) < 4.78 is 28.0. The van der Waals surface area contributed by atoms with Gasteiger partial charge in [0.1, 0.15) is 11.9 Å². The van der Waals surface area contributed by atoms with E-state index in [1.54, 1.807) is 19.2 Å². The highest BCUT2D eigenvalue weighted by atomic mass is 35.5. The molecule has 174 valence electrons. The monoisotopic (exact) mass is 490 g/mol. The summed E-state index contributed by atoms with van der Waals surface area (Å²) in [7, 11) is 0. The molecule has 0 bridgehead atoms. The molecule has 1 saturated heterocycles. The van der Waals surface area contributed by atoms with E-state index in [4.69, 9.17) is 38.4 Å². The highest BCUT2D eigenvalue weighted by Crippen LogP contribution is 2.45. The molecule has 3 heterocycles. The number of benzene rings is 1. The van der Waals surface area contributed by atoms with E-state index >= 15 is 0 Å². The number of nitrogen functional groups attached to an aromatic ring is 1. The van der Waals surface area contributed by atoms with Crippen molar-refractivity contribution in [2.75, 3.05) is 12.3 Å². The Morgan fingerprint density at radius 3 is 2.85 bits per heavy atom. The minimum absolute atomic E-state index is 0.0500. The Kier molecular flexibility index (Phi) is 5.97. The minimum atomic E-state index is -0.635. The third-order valence-electron chi connectivity index (χ3n) is 6.71. The van der Waals surface area contributed by atoms with E-state index in [0.717, 1.165) is 43.4 Å². The largest absolute Gasteiger partial charge is 0.482 e. The fourth-order valence-electron chi connectivity index (χ4n) is 4.71. The molecule has 1 aliphatic heterocycles. The van der Waals surface area contributed by atoms with Crippen LogP contribution in [0, 0.1) is 5.82 Å². The van der Waals surface area contributed by atoms with E-state index in [1.165, 1.54) is 18.6 Å². The van der Waals surface area contributed by atoms with Gasteiger partial charge in [-0.3, -0.25) is 4.68 Å². The van der Waals surface area contributed by atoms with Crippen molar-refractivity contribution in [3.8, 4) is 16.9 Å². The van der Waals surface area contributed by atoms with E-state index in [9.17, 15) is 4.39 Å². The summed E-state index contributed by atoms with van der Waals surface area (Å²) in [6.45, 7) is 2.50. The first kappa shape index (κ1) is 22.4. The van der Waals surface area contributed by atoms with Gasteiger partial charge in [-0.25, -0.2) is 9.37 Å². The van der Waals surface area contributed by atoms with Gasteiger partial charge in [-0.1, -0.05) is 23.2 Å². The van der Waals surface area contributed by atoms with Gasteiger partial charge in [0.05, 0.1) is 22.9 Å². The van der Waals surface area contributed by atoms with Crippen molar-refractivity contribution in [3.63, 3.8) is 0 Å². The highest BCUT2D eigenvalue weighted by molar-refractivity contribution is 6.36. The molecule has 6 nitrogen and oxygen atoms in total. The SMILES string of the molecule is C[C@@H](Oc1cc(-c2cnn(C3CCOC4(CCC4)C3)c2)cnc1N)c1c(Cl)ccc(F)c1Cl. The zero-order chi connectivity index (χ0) is 23.2. The number of nitrogens with two attached hydrogens (primary N) is 1. The maximum absolute atomic E-state index is 14.0. The summed E-state index contributed by atoms with van der Waals surface area (Å²) in [5.74, 6) is 0.0252. The number of pyridine rings is 1. The van der Waals surface area contributed by atoms with Crippen LogP contribution in [0.5, 0.6) is 5.75 Å². The molecule has 2 aromatic heterocycles. The molecule has 1 unspecified atom stereocenters. The normalized spacial score (nSPS) is 20.4. The number of anilines is 1. The van der Waals surface area contributed by atoms with Gasteiger partial charge in [0.25, 0.3) is 0 Å². The van der Waals surface area contributed by atoms with Crippen LogP contribution in [-0.2, 0) is 4.74 Å². The molecule has 0 radical (unpaired) electrons. The lowest BCUT2D eigenvalue weighted by atomic mass is 9.74. The van der Waals surface area contributed by atoms with Crippen LogP contribution in [0.25, 0.3) is 11.1 Å². The second-order valence-corrected chi connectivity index (χ2v) is 9.65. The van der Waals surface area contributed by atoms with Crippen molar-refractivity contribution in [1.29, 1.82) is 0 Å². The number of rotatable bonds is 5. The fourth-order valence-corrected chi connectivity index (χ4v) is 5.38. The summed E-state index contributed by atoms with van der Waals surface area (Å²) in [6.07, 6.45) is 10.4. The molecule has 33 heavy (non-hydrogen) atoms. The predicted molar refractivity (Wildman–Crippen MR) is 126 cm³/mol. The number of ether oxygens (including phenoxy) is 2. The molecule has 2 atom stereocenters. The van der Waals surface area contributed by atoms with Gasteiger partial charge in [-0.15, -0.1) is 0 Å². The van der Waals surface area contributed by atoms with E-state index in [-0.39, 0.29) is 16.4 Å². The first-order chi connectivity index (χ1) is 15.8. The van der Waals surface area contributed by atoms with Crippen molar-refractivity contribution >= 4 is 29.0 Å². The van der Waals surface area contributed by atoms with Gasteiger partial charge in [0.15, 0.2) is 11.6 Å². The Bertz CT molecular complexity index is 1180. The van der Waals surface area contributed by atoms with E-state index in [2.05, 4.69) is 10.1 Å². The lowest BCUT2D eigenvalue weighted by Gasteiger charge is -2.47. The molecule has 1 saturated carbocycles. The summed E-state index contributed by atoms with van der Waals surface area (Å²) in [4.78, 5) is 4.29. The summed E-state index contributed by atoms with van der Waals surface area (Å²) in [5.41, 5.74) is 8.21. The van der Waals surface area contributed by atoms with Gasteiger partial charge in [0.2, 0.25) is 0 Å². The Labute approximate surface area is 201 Å². The maximum Gasteiger partial charge on any atom is 0.166 e. The number of nitrogens with zero attached hydrogens (tertiary/aromatic N) is 3. The van der Waals surface area contributed by atoms with Crippen molar-refractivity contribution in [3.05, 3.63) is 58.2 Å². The summed E-state index contributed by atoms with van der Waals surface area (Å²) in [6, 6.07) is 4.80. The van der Waals surface area contributed by atoms with Crippen molar-refractivity contribution in [2.45, 2.75) is 56.8 Å². The number of aromatic nitrogens is 3. The third kappa shape index (κ3) is 4.29. The van der Waals surface area contributed by atoms with Crippen LogP contribution in [0.2, 0.25) is 10.0 Å². The van der Waals surface area contributed by atoms with E-state index < -0.39 is 11.9 Å². The Morgan fingerprint density at radius 1 is 1.27 bits per heavy atom. The number of hydrogen-bond acceptors (Lipinski definition) is 5. The van der Waals surface area contributed by atoms with Crippen LogP contribution in [0.4, 0.5) is 10.2 Å². The van der Waals surface area contributed by atoms with Gasteiger partial charge in [0, 0.05) is 40.7 Å². The lowest BCUT2D eigenvalue weighted by Crippen LogP contribution is -2.46. The molecule has 1 aliphatic carbocycles. The smallest absolute Gasteiger partial charge is 0.166 e. The van der Waals surface area contributed by atoms with Gasteiger partial charge in [-0.2, -0.15) is 5.10 Å². The van der Waals surface area contributed by atoms with Crippen LogP contribution in [-0.4, -0.2) is 27.0 Å². The topological polar surface area (TPSA) is 75.2 Å². The Morgan fingerprint density at radius 2 is 2.09 bits per heavy atom. The minimum Gasteiger partial charge on any atom is -0.482 e. The van der Waals surface area contributed by atoms with Gasteiger partial charge < -0.3 is 15.2 Å². The third-order valence-corrected chi connectivity index (χ3v) is 7.43. The molecule has 2 fully saturated rings. The molecule has 1 aromatic carbocycles. The predicted octanol–water partition coefficient (Wildman–Crippen LogP) is 6.39. The van der Waals surface area contributed by atoms with E-state index in [1.807, 2.05) is 17.1 Å². The van der Waals surface area contributed by atoms with Crippen LogP contribution < -0.4 is 10.5 Å². The fraction of sp³-hybridized carbons (Fsp3) is 0.417. The van der Waals surface area contributed by atoms with E-state index in [0.29, 0.717) is 22.4 Å². The summed E-state index contributed by atoms with van der Waals surface area (Å²) >= 11 is 12.4. The van der Waals surface area contributed by atoms with Crippen molar-refractivity contribution < 1.29 is 13.9 Å². The first-order valence-electron chi connectivity index (χ1n) is 11.1. The van der Waals surface area contributed by atoms with Crippen LogP contribution in [0.1, 0.15) is 56.7 Å². The average molecular weight is 491 g/mol. The molecule has 9 heteroatoms. The molecular weight excluding hydrogens is 466 g/mol. The van der Waals surface area contributed by atoms with Crippen LogP contribution in [0.3, 0.4) is 0 Å². The van der Waals surface area contributed by atoms with Crippen LogP contribution >= 0.6 is 23.2 Å². The molecule has 0 amide bonds. The molecule has 2 aliphatic rings. The molecule has 2 N–H and O–H groups in total. The zero-order valence-electron chi connectivity index (χ0n) is 18.2. The van der Waals surface area contributed by atoms with Gasteiger partial charge >= 0.3 is 0 Å². The first-order valence-corrected chi connectivity index (χ1v) is 11.8. The van der Waals surface area contributed by atoms with Gasteiger partial charge in [-0.05, 0) is 57.2 Å². The van der Waals surface area contributed by atoms with Crippen molar-refractivity contribution in [1.82, 2.24) is 14.8 Å². The molecular formula is C24H25Cl2FN4O2. The van der Waals surface area contributed by atoms with Crippen molar-refractivity contribution in [2.24, 2.45) is 0 Å². The maximum atomic E-state index is 14.0. The standard InChI is InChI=1S/C24H25Cl2FN4O2/c1-14(21-18(25)3-4-19(27)22(21)26)33-20-9-15(11-29-23(20)28)16-12-30-31(13-16)17-5-8-32-24(10-17)6-2-7-24/h3-4,9,11-14,17H,2,5-8,10H2,1H3,(H2,28,29)/t14-,17?/m1/s1.